The van der Waals surface area contributed by atoms with Crippen molar-refractivity contribution in [1.29, 1.82) is 0 Å². The zero-order valence-corrected chi connectivity index (χ0v) is 7.49. The van der Waals surface area contributed by atoms with Gasteiger partial charge in [0.15, 0.2) is 0 Å². The average molecular weight is 169 g/mol. The summed E-state index contributed by atoms with van der Waals surface area (Å²) in [7, 11) is 1.84. The molecule has 0 saturated carbocycles. The minimum Gasteiger partial charge on any atom is -0.387 e. The predicted octanol–water partition coefficient (Wildman–Crippen LogP) is 0.111. The van der Waals surface area contributed by atoms with Gasteiger partial charge in [-0.05, 0) is 25.5 Å². The number of aromatic nitrogens is 2. The molecule has 1 aromatic rings. The fraction of sp³-hybridized carbons (Fsp3) is 0.625. The van der Waals surface area contributed by atoms with E-state index in [2.05, 4.69) is 5.10 Å². The molecule has 0 aliphatic heterocycles. The lowest BCUT2D eigenvalue weighted by molar-refractivity contribution is 0.164. The van der Waals surface area contributed by atoms with Gasteiger partial charge in [0.2, 0.25) is 0 Å². The Labute approximate surface area is 72.0 Å². The van der Waals surface area contributed by atoms with Crippen LogP contribution in [0.15, 0.2) is 6.20 Å². The Morgan fingerprint density at radius 1 is 1.75 bits per heavy atom. The Morgan fingerprint density at radius 3 is 2.83 bits per heavy atom. The molecule has 0 unspecified atom stereocenters. The molecule has 0 aromatic carbocycles. The molecular weight excluding hydrogens is 154 g/mol. The fourth-order valence-electron chi connectivity index (χ4n) is 1.25. The molecule has 12 heavy (non-hydrogen) atoms. The zero-order valence-electron chi connectivity index (χ0n) is 7.49. The smallest absolute Gasteiger partial charge is 0.0993 e. The monoisotopic (exact) mass is 169 g/mol. The lowest BCUT2D eigenvalue weighted by atomic mass is 10.1. The van der Waals surface area contributed by atoms with Crippen LogP contribution >= 0.6 is 0 Å². The van der Waals surface area contributed by atoms with E-state index in [4.69, 9.17) is 5.73 Å². The van der Waals surface area contributed by atoms with Crippen LogP contribution in [0.5, 0.6) is 0 Å². The molecule has 3 N–H and O–H groups in total. The van der Waals surface area contributed by atoms with E-state index in [9.17, 15) is 5.11 Å². The molecule has 1 atom stereocenters. The fourth-order valence-corrected chi connectivity index (χ4v) is 1.25. The number of nitrogens with two attached hydrogens (primary N) is 1. The maximum atomic E-state index is 9.56. The van der Waals surface area contributed by atoms with Crippen molar-refractivity contribution in [2.24, 2.45) is 12.8 Å². The second-order valence-electron chi connectivity index (χ2n) is 2.96. The van der Waals surface area contributed by atoms with E-state index in [0.29, 0.717) is 13.0 Å². The largest absolute Gasteiger partial charge is 0.387 e. The van der Waals surface area contributed by atoms with Gasteiger partial charge in [-0.2, -0.15) is 5.10 Å². The maximum Gasteiger partial charge on any atom is 0.0993 e. The van der Waals surface area contributed by atoms with Crippen LogP contribution in [-0.2, 0) is 7.05 Å². The van der Waals surface area contributed by atoms with Gasteiger partial charge in [0.25, 0.3) is 0 Å². The number of aliphatic hydroxyl groups is 1. The van der Waals surface area contributed by atoms with E-state index >= 15 is 0 Å². The molecule has 4 heteroatoms. The molecule has 4 nitrogen and oxygen atoms in total. The summed E-state index contributed by atoms with van der Waals surface area (Å²) in [5.74, 6) is 0. The third kappa shape index (κ3) is 1.84. The number of aryl methyl sites for hydroxylation is 2. The van der Waals surface area contributed by atoms with Crippen LogP contribution < -0.4 is 5.73 Å². The molecule has 0 bridgehead atoms. The molecule has 0 aliphatic carbocycles. The molecule has 0 saturated heterocycles. The topological polar surface area (TPSA) is 64.1 Å². The summed E-state index contributed by atoms with van der Waals surface area (Å²) in [6, 6.07) is 0. The quantitative estimate of drug-likeness (QED) is 0.675. The van der Waals surface area contributed by atoms with Crippen LogP contribution in [0.2, 0.25) is 0 Å². The number of aliphatic hydroxyl groups excluding tert-OH is 1. The SMILES string of the molecule is Cc1cn(C)nc1[C@@H](O)CCN. The zero-order chi connectivity index (χ0) is 9.14. The van der Waals surface area contributed by atoms with Crippen LogP contribution in [0, 0.1) is 6.92 Å². The second kappa shape index (κ2) is 3.69. The summed E-state index contributed by atoms with van der Waals surface area (Å²) in [6.45, 7) is 2.42. The highest BCUT2D eigenvalue weighted by Gasteiger charge is 2.12. The van der Waals surface area contributed by atoms with Crippen molar-refractivity contribution in [3.05, 3.63) is 17.5 Å². The molecule has 0 spiro atoms. The number of nitrogens with zero attached hydrogens (tertiary/aromatic N) is 2. The van der Waals surface area contributed by atoms with Gasteiger partial charge in [-0.1, -0.05) is 0 Å². The minimum atomic E-state index is -0.517. The van der Waals surface area contributed by atoms with Crippen LogP contribution in [0.4, 0.5) is 0 Å². The van der Waals surface area contributed by atoms with Crippen LogP contribution in [-0.4, -0.2) is 21.4 Å². The lowest BCUT2D eigenvalue weighted by Gasteiger charge is -2.05. The highest BCUT2D eigenvalue weighted by atomic mass is 16.3. The van der Waals surface area contributed by atoms with Gasteiger partial charge in [0.05, 0.1) is 11.8 Å². The average Bonchev–Trinajstić information content (AvgIpc) is 2.30. The van der Waals surface area contributed by atoms with Crippen molar-refractivity contribution in [2.75, 3.05) is 6.54 Å². The van der Waals surface area contributed by atoms with Crippen LogP contribution in [0.1, 0.15) is 23.8 Å². The Bertz CT molecular complexity index is 257. The first-order chi connectivity index (χ1) is 5.65. The molecular formula is C8H15N3O. The van der Waals surface area contributed by atoms with Crippen molar-refractivity contribution in [2.45, 2.75) is 19.4 Å². The third-order valence-electron chi connectivity index (χ3n) is 1.81. The van der Waals surface area contributed by atoms with Crippen LogP contribution in [0.3, 0.4) is 0 Å². The molecule has 0 fully saturated rings. The van der Waals surface area contributed by atoms with Gasteiger partial charge in [-0.25, -0.2) is 0 Å². The van der Waals surface area contributed by atoms with E-state index in [0.717, 1.165) is 11.3 Å². The van der Waals surface area contributed by atoms with Crippen molar-refractivity contribution in [3.63, 3.8) is 0 Å². The molecule has 0 radical (unpaired) electrons. The first kappa shape index (κ1) is 9.22. The highest BCUT2D eigenvalue weighted by molar-refractivity contribution is 5.16. The summed E-state index contributed by atoms with van der Waals surface area (Å²) in [4.78, 5) is 0. The first-order valence-corrected chi connectivity index (χ1v) is 4.03. The summed E-state index contributed by atoms with van der Waals surface area (Å²) in [6.07, 6.45) is 1.93. The van der Waals surface area contributed by atoms with Crippen LogP contribution in [0.25, 0.3) is 0 Å². The van der Waals surface area contributed by atoms with Crippen molar-refractivity contribution in [1.82, 2.24) is 9.78 Å². The molecule has 1 rings (SSSR count). The number of hydrogen-bond donors (Lipinski definition) is 2. The van der Waals surface area contributed by atoms with Gasteiger partial charge in [0, 0.05) is 13.2 Å². The van der Waals surface area contributed by atoms with E-state index in [-0.39, 0.29) is 0 Å². The third-order valence-corrected chi connectivity index (χ3v) is 1.81. The number of rotatable bonds is 3. The van der Waals surface area contributed by atoms with E-state index in [1.165, 1.54) is 0 Å². The van der Waals surface area contributed by atoms with E-state index < -0.39 is 6.10 Å². The Hall–Kier alpha value is -0.870. The van der Waals surface area contributed by atoms with Gasteiger partial charge >= 0.3 is 0 Å². The van der Waals surface area contributed by atoms with E-state index in [1.54, 1.807) is 4.68 Å². The first-order valence-electron chi connectivity index (χ1n) is 4.03. The lowest BCUT2D eigenvalue weighted by Crippen LogP contribution is -2.08. The standard InChI is InChI=1S/C8H15N3O/c1-6-5-11(2)10-8(6)7(12)3-4-9/h5,7,12H,3-4,9H2,1-2H3/t7-/m0/s1. The molecule has 1 heterocycles. The Kier molecular flexibility index (Phi) is 2.83. The summed E-state index contributed by atoms with van der Waals surface area (Å²) in [5.41, 5.74) is 7.08. The molecule has 68 valence electrons. The van der Waals surface area contributed by atoms with Gasteiger partial charge < -0.3 is 10.8 Å². The maximum absolute atomic E-state index is 9.56. The second-order valence-corrected chi connectivity index (χ2v) is 2.96. The Balaban J connectivity index is 2.79. The normalized spacial score (nSPS) is 13.3. The Morgan fingerprint density at radius 2 is 2.42 bits per heavy atom. The summed E-state index contributed by atoms with van der Waals surface area (Å²) in [5, 5.41) is 13.7. The summed E-state index contributed by atoms with van der Waals surface area (Å²) < 4.78 is 1.70. The molecule has 1 aromatic heterocycles. The summed E-state index contributed by atoms with van der Waals surface area (Å²) >= 11 is 0. The van der Waals surface area contributed by atoms with Crippen molar-refractivity contribution < 1.29 is 5.11 Å². The highest BCUT2D eigenvalue weighted by Crippen LogP contribution is 2.17. The molecule has 0 amide bonds. The molecule has 0 aliphatic rings. The van der Waals surface area contributed by atoms with Gasteiger partial charge in [0.1, 0.15) is 0 Å². The number of hydrogen-bond acceptors (Lipinski definition) is 3. The van der Waals surface area contributed by atoms with Crippen molar-refractivity contribution in [3.8, 4) is 0 Å². The van der Waals surface area contributed by atoms with Gasteiger partial charge in [-0.15, -0.1) is 0 Å². The van der Waals surface area contributed by atoms with E-state index in [1.807, 2.05) is 20.2 Å². The van der Waals surface area contributed by atoms with Crippen molar-refractivity contribution >= 4 is 0 Å². The predicted molar refractivity (Wildman–Crippen MR) is 46.6 cm³/mol. The van der Waals surface area contributed by atoms with Gasteiger partial charge in [-0.3, -0.25) is 4.68 Å². The minimum absolute atomic E-state index is 0.483.